The lowest BCUT2D eigenvalue weighted by Gasteiger charge is -2.38. The van der Waals surface area contributed by atoms with Gasteiger partial charge in [0, 0.05) is 55.3 Å². The van der Waals surface area contributed by atoms with Gasteiger partial charge in [0.25, 0.3) is 0 Å². The Morgan fingerprint density at radius 3 is 2.69 bits per heavy atom. The third-order valence-corrected chi connectivity index (χ3v) is 7.58. The molecule has 3 aromatic rings. The van der Waals surface area contributed by atoms with Crippen molar-refractivity contribution in [2.75, 3.05) is 32.8 Å². The number of esters is 1. The number of pyridine rings is 1. The van der Waals surface area contributed by atoms with Gasteiger partial charge >= 0.3 is 5.97 Å². The van der Waals surface area contributed by atoms with Crippen molar-refractivity contribution in [2.24, 2.45) is 0 Å². The molecule has 1 saturated heterocycles. The molecular weight excluding hydrogens is 516 g/mol. The molecule has 204 valence electrons. The third-order valence-electron chi connectivity index (χ3n) is 7.33. The number of hydrogen-bond donors (Lipinski definition) is 1. The van der Waals surface area contributed by atoms with Crippen LogP contribution in [0, 0.1) is 0 Å². The standard InChI is InChI=1S/C31H33ClN2O5/c1-22(35)37-19-20-38-28-7-2-8-29-27(28)21-23(26-6-3-15-33-30(26)39-29)5-4-16-34-17-13-31(36,14-18-34)24-9-11-25(32)12-10-24/h2-3,5-12,15,36H,4,13-14,16-21H2,1H3. The lowest BCUT2D eigenvalue weighted by atomic mass is 9.84. The summed E-state index contributed by atoms with van der Waals surface area (Å²) in [6, 6.07) is 17.2. The number of aromatic nitrogens is 1. The highest BCUT2D eigenvalue weighted by atomic mass is 35.5. The minimum absolute atomic E-state index is 0.188. The Bertz CT molecular complexity index is 1330. The Morgan fingerprint density at radius 1 is 1.13 bits per heavy atom. The number of carbonyl (C=O) groups excluding carboxylic acids is 1. The molecule has 7 nitrogen and oxygen atoms in total. The van der Waals surface area contributed by atoms with Gasteiger partial charge in [-0.15, -0.1) is 0 Å². The van der Waals surface area contributed by atoms with Gasteiger partial charge in [0.2, 0.25) is 5.88 Å². The molecule has 2 aromatic carbocycles. The van der Waals surface area contributed by atoms with E-state index in [1.54, 1.807) is 6.20 Å². The molecule has 3 heterocycles. The number of aliphatic hydroxyl groups is 1. The average Bonchev–Trinajstić information content (AvgIpc) is 3.09. The summed E-state index contributed by atoms with van der Waals surface area (Å²) in [7, 11) is 0. The van der Waals surface area contributed by atoms with Gasteiger partial charge in [0.1, 0.15) is 24.7 Å². The fourth-order valence-electron chi connectivity index (χ4n) is 5.19. The minimum atomic E-state index is -0.807. The zero-order valence-electron chi connectivity index (χ0n) is 22.1. The first kappa shape index (κ1) is 27.2. The van der Waals surface area contributed by atoms with Gasteiger partial charge in [-0.2, -0.15) is 0 Å². The molecule has 2 aliphatic rings. The molecule has 0 saturated carbocycles. The number of nitrogens with zero attached hydrogens (tertiary/aromatic N) is 2. The molecule has 0 atom stereocenters. The van der Waals surface area contributed by atoms with Gasteiger partial charge in [0.15, 0.2) is 0 Å². The van der Waals surface area contributed by atoms with Gasteiger partial charge in [-0.25, -0.2) is 4.98 Å². The quantitative estimate of drug-likeness (QED) is 0.282. The number of piperidine rings is 1. The van der Waals surface area contributed by atoms with E-state index in [-0.39, 0.29) is 19.2 Å². The number of ether oxygens (including phenoxy) is 3. The fraction of sp³-hybridized carbons (Fsp3) is 0.355. The number of fused-ring (bicyclic) bond motifs is 2. The number of hydrogen-bond acceptors (Lipinski definition) is 7. The number of likely N-dealkylation sites (tertiary alicyclic amines) is 1. The van der Waals surface area contributed by atoms with E-state index in [1.165, 1.54) is 6.92 Å². The van der Waals surface area contributed by atoms with Crippen molar-refractivity contribution in [3.63, 3.8) is 0 Å². The highest BCUT2D eigenvalue weighted by Gasteiger charge is 2.33. The Morgan fingerprint density at radius 2 is 1.92 bits per heavy atom. The Kier molecular flexibility index (Phi) is 8.50. The predicted molar refractivity (Wildman–Crippen MR) is 150 cm³/mol. The van der Waals surface area contributed by atoms with Crippen LogP contribution in [0.2, 0.25) is 5.02 Å². The number of halogens is 1. The van der Waals surface area contributed by atoms with E-state index < -0.39 is 5.60 Å². The van der Waals surface area contributed by atoms with Crippen LogP contribution in [0.5, 0.6) is 17.4 Å². The molecule has 2 aliphatic heterocycles. The molecule has 0 unspecified atom stereocenters. The summed E-state index contributed by atoms with van der Waals surface area (Å²) in [6.45, 7) is 4.38. The number of carbonyl (C=O) groups is 1. The van der Waals surface area contributed by atoms with Crippen LogP contribution < -0.4 is 9.47 Å². The lowest BCUT2D eigenvalue weighted by molar-refractivity contribution is -0.141. The van der Waals surface area contributed by atoms with Crippen LogP contribution in [0.1, 0.15) is 42.9 Å². The van der Waals surface area contributed by atoms with Crippen LogP contribution in [0.3, 0.4) is 0 Å². The first-order valence-electron chi connectivity index (χ1n) is 13.3. The molecule has 39 heavy (non-hydrogen) atoms. The van der Waals surface area contributed by atoms with Crippen molar-refractivity contribution in [3.8, 4) is 17.4 Å². The molecule has 1 N–H and O–H groups in total. The van der Waals surface area contributed by atoms with Gasteiger partial charge in [-0.3, -0.25) is 4.79 Å². The van der Waals surface area contributed by atoms with Gasteiger partial charge in [-0.1, -0.05) is 35.9 Å². The van der Waals surface area contributed by atoms with Gasteiger partial charge in [0.05, 0.1) is 5.60 Å². The van der Waals surface area contributed by atoms with E-state index in [2.05, 4.69) is 16.0 Å². The topological polar surface area (TPSA) is 81.1 Å². The smallest absolute Gasteiger partial charge is 0.302 e. The summed E-state index contributed by atoms with van der Waals surface area (Å²) >= 11 is 6.03. The predicted octanol–water partition coefficient (Wildman–Crippen LogP) is 5.78. The molecule has 5 rings (SSSR count). The van der Waals surface area contributed by atoms with Gasteiger partial charge in [-0.05, 0) is 66.8 Å². The average molecular weight is 549 g/mol. The second-order valence-corrected chi connectivity index (χ2v) is 10.4. The molecule has 8 heteroatoms. The van der Waals surface area contributed by atoms with Crippen LogP contribution in [0.15, 0.2) is 66.9 Å². The van der Waals surface area contributed by atoms with Crippen LogP contribution in [0.25, 0.3) is 5.57 Å². The lowest BCUT2D eigenvalue weighted by Crippen LogP contribution is -2.42. The van der Waals surface area contributed by atoms with E-state index >= 15 is 0 Å². The van der Waals surface area contributed by atoms with Crippen LogP contribution in [-0.2, 0) is 21.6 Å². The molecule has 0 radical (unpaired) electrons. The largest absolute Gasteiger partial charge is 0.490 e. The summed E-state index contributed by atoms with van der Waals surface area (Å²) < 4.78 is 17.2. The van der Waals surface area contributed by atoms with E-state index in [0.717, 1.165) is 48.3 Å². The van der Waals surface area contributed by atoms with Crippen molar-refractivity contribution in [2.45, 2.75) is 38.2 Å². The fourth-order valence-corrected chi connectivity index (χ4v) is 5.32. The first-order chi connectivity index (χ1) is 18.9. The van der Waals surface area contributed by atoms with Gasteiger partial charge < -0.3 is 24.2 Å². The normalized spacial score (nSPS) is 17.5. The Labute approximate surface area is 234 Å². The first-order valence-corrected chi connectivity index (χ1v) is 13.7. The third kappa shape index (κ3) is 6.61. The second-order valence-electron chi connectivity index (χ2n) is 9.95. The Hall–Kier alpha value is -3.39. The highest BCUT2D eigenvalue weighted by Crippen LogP contribution is 2.41. The summed E-state index contributed by atoms with van der Waals surface area (Å²) in [5, 5.41) is 11.9. The molecular formula is C31H33ClN2O5. The summed E-state index contributed by atoms with van der Waals surface area (Å²) in [5.74, 6) is 1.66. The van der Waals surface area contributed by atoms with Crippen LogP contribution in [0.4, 0.5) is 0 Å². The van der Waals surface area contributed by atoms with E-state index in [9.17, 15) is 9.90 Å². The van der Waals surface area contributed by atoms with Crippen molar-refractivity contribution in [1.29, 1.82) is 0 Å². The van der Waals surface area contributed by atoms with Crippen LogP contribution >= 0.6 is 11.6 Å². The van der Waals surface area contributed by atoms with Crippen molar-refractivity contribution < 1.29 is 24.1 Å². The monoisotopic (exact) mass is 548 g/mol. The maximum absolute atomic E-state index is 11.2. The zero-order chi connectivity index (χ0) is 27.2. The summed E-state index contributed by atoms with van der Waals surface area (Å²) in [4.78, 5) is 18.0. The molecule has 0 spiro atoms. The maximum atomic E-state index is 11.2. The van der Waals surface area contributed by atoms with Crippen molar-refractivity contribution in [1.82, 2.24) is 9.88 Å². The SMILES string of the molecule is CC(=O)OCCOc1cccc2c1CC(=CCCN1CCC(O)(c3ccc(Cl)cc3)CC1)c1cccnc1O2. The molecule has 1 aromatic heterocycles. The van der Waals surface area contributed by atoms with Crippen LogP contribution in [-0.4, -0.2) is 53.8 Å². The second kappa shape index (κ2) is 12.2. The van der Waals surface area contributed by atoms with Crippen molar-refractivity contribution >= 4 is 23.1 Å². The molecule has 0 amide bonds. The zero-order valence-corrected chi connectivity index (χ0v) is 22.8. The van der Waals surface area contributed by atoms with E-state index in [1.807, 2.05) is 54.6 Å². The maximum Gasteiger partial charge on any atom is 0.302 e. The Balaban J connectivity index is 1.26. The number of rotatable bonds is 8. The summed E-state index contributed by atoms with van der Waals surface area (Å²) in [5.41, 5.74) is 3.16. The number of allylic oxidation sites excluding steroid dienone is 1. The highest BCUT2D eigenvalue weighted by molar-refractivity contribution is 6.30. The van der Waals surface area contributed by atoms with E-state index in [4.69, 9.17) is 25.8 Å². The van der Waals surface area contributed by atoms with Crippen molar-refractivity contribution in [3.05, 3.63) is 88.6 Å². The minimum Gasteiger partial charge on any atom is -0.490 e. The number of benzene rings is 2. The van der Waals surface area contributed by atoms with E-state index in [0.29, 0.717) is 41.7 Å². The summed E-state index contributed by atoms with van der Waals surface area (Å²) in [6.07, 6.45) is 6.85. The molecule has 1 fully saturated rings. The molecule has 0 bridgehead atoms. The molecule has 0 aliphatic carbocycles.